The molecule has 2 aliphatic rings. The van der Waals surface area contributed by atoms with Gasteiger partial charge in [-0.05, 0) is 59.3 Å². The van der Waals surface area contributed by atoms with E-state index in [4.69, 9.17) is 4.74 Å². The van der Waals surface area contributed by atoms with Gasteiger partial charge < -0.3 is 9.64 Å². The zero-order valence-corrected chi connectivity index (χ0v) is 11.9. The molecular formula is C15H25NO2. The van der Waals surface area contributed by atoms with Crippen LogP contribution in [0.4, 0.5) is 4.79 Å². The molecule has 102 valence electrons. The quantitative estimate of drug-likeness (QED) is 0.662. The lowest BCUT2D eigenvalue weighted by atomic mass is 9.93. The van der Waals surface area contributed by atoms with Crippen molar-refractivity contribution < 1.29 is 9.53 Å². The molecule has 0 aromatic rings. The molecule has 0 aromatic heterocycles. The molecule has 0 radical (unpaired) electrons. The normalized spacial score (nSPS) is 24.9. The summed E-state index contributed by atoms with van der Waals surface area (Å²) in [4.78, 5) is 14.1. The fourth-order valence-corrected chi connectivity index (χ4v) is 2.86. The van der Waals surface area contributed by atoms with Gasteiger partial charge in [0.05, 0.1) is 6.04 Å². The molecule has 0 bridgehead atoms. The molecular weight excluding hydrogens is 226 g/mol. The van der Waals surface area contributed by atoms with Crippen molar-refractivity contribution in [3.8, 4) is 0 Å². The highest BCUT2D eigenvalue weighted by atomic mass is 16.6. The maximum absolute atomic E-state index is 12.2. The summed E-state index contributed by atoms with van der Waals surface area (Å²) >= 11 is 0. The largest absolute Gasteiger partial charge is 0.444 e. The van der Waals surface area contributed by atoms with Crippen LogP contribution in [0.15, 0.2) is 11.6 Å². The molecule has 1 fully saturated rings. The first-order valence-electron chi connectivity index (χ1n) is 7.16. The summed E-state index contributed by atoms with van der Waals surface area (Å²) in [5.41, 5.74) is 1.06. The number of hydrogen-bond acceptors (Lipinski definition) is 2. The number of ether oxygens (including phenoxy) is 1. The van der Waals surface area contributed by atoms with E-state index in [2.05, 4.69) is 6.08 Å². The molecule has 1 atom stereocenters. The third-order valence-electron chi connectivity index (χ3n) is 3.63. The Bertz CT molecular complexity index is 341. The van der Waals surface area contributed by atoms with Gasteiger partial charge in [-0.3, -0.25) is 0 Å². The third-order valence-corrected chi connectivity index (χ3v) is 3.63. The molecule has 0 unspecified atom stereocenters. The van der Waals surface area contributed by atoms with Crippen LogP contribution in [-0.4, -0.2) is 29.2 Å². The fourth-order valence-electron chi connectivity index (χ4n) is 2.86. The van der Waals surface area contributed by atoms with Crippen LogP contribution in [-0.2, 0) is 4.74 Å². The highest BCUT2D eigenvalue weighted by Gasteiger charge is 2.34. The van der Waals surface area contributed by atoms with Crippen molar-refractivity contribution in [1.82, 2.24) is 4.90 Å². The lowest BCUT2D eigenvalue weighted by molar-refractivity contribution is 0.0246. The van der Waals surface area contributed by atoms with Crippen molar-refractivity contribution in [2.45, 2.75) is 70.9 Å². The Morgan fingerprint density at radius 1 is 1.33 bits per heavy atom. The Morgan fingerprint density at radius 2 is 2.11 bits per heavy atom. The van der Waals surface area contributed by atoms with Crippen LogP contribution in [0.2, 0.25) is 0 Å². The van der Waals surface area contributed by atoms with E-state index in [1.165, 1.54) is 24.8 Å². The van der Waals surface area contributed by atoms with Gasteiger partial charge in [-0.2, -0.15) is 0 Å². The van der Waals surface area contributed by atoms with Crippen molar-refractivity contribution in [3.05, 3.63) is 11.6 Å². The zero-order chi connectivity index (χ0) is 13.2. The van der Waals surface area contributed by atoms with E-state index in [-0.39, 0.29) is 6.09 Å². The summed E-state index contributed by atoms with van der Waals surface area (Å²) in [5, 5.41) is 0. The van der Waals surface area contributed by atoms with Crippen molar-refractivity contribution in [2.24, 2.45) is 0 Å². The monoisotopic (exact) mass is 251 g/mol. The van der Waals surface area contributed by atoms with E-state index >= 15 is 0 Å². The minimum atomic E-state index is -0.398. The topological polar surface area (TPSA) is 29.5 Å². The molecule has 3 heteroatoms. The number of hydrogen-bond donors (Lipinski definition) is 0. The maximum atomic E-state index is 12.2. The van der Waals surface area contributed by atoms with Crippen LogP contribution in [0.3, 0.4) is 0 Å². The van der Waals surface area contributed by atoms with Gasteiger partial charge in [-0.1, -0.05) is 11.6 Å². The lowest BCUT2D eigenvalue weighted by Gasteiger charge is -2.31. The van der Waals surface area contributed by atoms with Crippen molar-refractivity contribution in [3.63, 3.8) is 0 Å². The van der Waals surface area contributed by atoms with Gasteiger partial charge in [0.25, 0.3) is 0 Å². The number of allylic oxidation sites excluding steroid dienone is 1. The minimum absolute atomic E-state index is 0.142. The van der Waals surface area contributed by atoms with E-state index in [0.29, 0.717) is 6.04 Å². The van der Waals surface area contributed by atoms with Crippen LogP contribution >= 0.6 is 0 Å². The summed E-state index contributed by atoms with van der Waals surface area (Å²) < 4.78 is 5.50. The highest BCUT2D eigenvalue weighted by molar-refractivity contribution is 5.69. The van der Waals surface area contributed by atoms with Crippen LogP contribution in [0.25, 0.3) is 0 Å². The standard InChI is InChI=1S/C15H25NO2/c1-15(2,3)18-14(17)16-11-7-10-13(16)12-8-5-4-6-9-12/h8,13H,4-7,9-11H2,1-3H3/t13-/m1/s1. The first-order chi connectivity index (χ1) is 8.47. The second-order valence-electron chi connectivity index (χ2n) is 6.36. The van der Waals surface area contributed by atoms with Crippen molar-refractivity contribution in [1.29, 1.82) is 0 Å². The molecule has 1 saturated heterocycles. The Labute approximate surface area is 110 Å². The molecule has 0 aromatic carbocycles. The van der Waals surface area contributed by atoms with Crippen LogP contribution in [0, 0.1) is 0 Å². The first-order valence-corrected chi connectivity index (χ1v) is 7.16. The highest BCUT2D eigenvalue weighted by Crippen LogP contribution is 2.31. The van der Waals surface area contributed by atoms with Gasteiger partial charge >= 0.3 is 6.09 Å². The Balaban J connectivity index is 2.03. The van der Waals surface area contributed by atoms with Gasteiger partial charge in [-0.15, -0.1) is 0 Å². The molecule has 1 aliphatic heterocycles. The number of carbonyl (C=O) groups is 1. The summed E-state index contributed by atoms with van der Waals surface area (Å²) in [5.74, 6) is 0. The number of nitrogens with zero attached hydrogens (tertiary/aromatic N) is 1. The number of carbonyl (C=O) groups excluding carboxylic acids is 1. The summed E-state index contributed by atoms with van der Waals surface area (Å²) in [6.07, 6.45) is 9.30. The Morgan fingerprint density at radius 3 is 2.72 bits per heavy atom. The van der Waals surface area contributed by atoms with Gasteiger partial charge in [-0.25, -0.2) is 4.79 Å². The van der Waals surface area contributed by atoms with Crippen LogP contribution < -0.4 is 0 Å². The van der Waals surface area contributed by atoms with E-state index in [1.807, 2.05) is 25.7 Å². The zero-order valence-electron chi connectivity index (χ0n) is 11.9. The molecule has 0 saturated carbocycles. The van der Waals surface area contributed by atoms with E-state index < -0.39 is 5.60 Å². The first kappa shape index (κ1) is 13.4. The smallest absolute Gasteiger partial charge is 0.410 e. The Kier molecular flexibility index (Phi) is 3.98. The van der Waals surface area contributed by atoms with Gasteiger partial charge in [0.2, 0.25) is 0 Å². The fraction of sp³-hybridized carbons (Fsp3) is 0.800. The molecule has 1 amide bonds. The van der Waals surface area contributed by atoms with Crippen molar-refractivity contribution in [2.75, 3.05) is 6.54 Å². The summed E-state index contributed by atoms with van der Waals surface area (Å²) in [7, 11) is 0. The molecule has 1 aliphatic carbocycles. The third kappa shape index (κ3) is 3.27. The van der Waals surface area contributed by atoms with Gasteiger partial charge in [0.1, 0.15) is 5.60 Å². The molecule has 3 nitrogen and oxygen atoms in total. The van der Waals surface area contributed by atoms with Gasteiger partial charge in [0.15, 0.2) is 0 Å². The maximum Gasteiger partial charge on any atom is 0.410 e. The average Bonchev–Trinajstić information content (AvgIpc) is 2.76. The predicted molar refractivity (Wildman–Crippen MR) is 72.5 cm³/mol. The molecule has 0 spiro atoms. The number of likely N-dealkylation sites (tertiary alicyclic amines) is 1. The second-order valence-corrected chi connectivity index (χ2v) is 6.36. The SMILES string of the molecule is CC(C)(C)OC(=O)N1CCC[C@@H]1C1=CCCCC1. The van der Waals surface area contributed by atoms with Crippen molar-refractivity contribution >= 4 is 6.09 Å². The minimum Gasteiger partial charge on any atom is -0.444 e. The molecule has 0 N–H and O–H groups in total. The van der Waals surface area contributed by atoms with Crippen LogP contribution in [0.5, 0.6) is 0 Å². The number of amides is 1. The Hall–Kier alpha value is -0.990. The summed E-state index contributed by atoms with van der Waals surface area (Å²) in [6, 6.07) is 0.306. The summed E-state index contributed by atoms with van der Waals surface area (Å²) in [6.45, 7) is 6.62. The molecule has 1 heterocycles. The van der Waals surface area contributed by atoms with E-state index in [0.717, 1.165) is 25.8 Å². The van der Waals surface area contributed by atoms with Crippen LogP contribution in [0.1, 0.15) is 59.3 Å². The predicted octanol–water partition coefficient (Wildman–Crippen LogP) is 3.89. The molecule has 2 rings (SSSR count). The van der Waals surface area contributed by atoms with E-state index in [1.54, 1.807) is 0 Å². The van der Waals surface area contributed by atoms with Gasteiger partial charge in [0, 0.05) is 6.54 Å². The lowest BCUT2D eigenvalue weighted by Crippen LogP contribution is -2.40. The molecule has 18 heavy (non-hydrogen) atoms. The average molecular weight is 251 g/mol. The second kappa shape index (κ2) is 5.33. The van der Waals surface area contributed by atoms with E-state index in [9.17, 15) is 4.79 Å². The number of rotatable bonds is 1.